The topological polar surface area (TPSA) is 141 Å². The van der Waals surface area contributed by atoms with Gasteiger partial charge in [-0.2, -0.15) is 0 Å². The van der Waals surface area contributed by atoms with E-state index in [1.807, 2.05) is 60.7 Å². The molecule has 15 heteroatoms. The van der Waals surface area contributed by atoms with E-state index in [9.17, 15) is 23.6 Å². The molecular formula is C48H44ClF2N5O7. The van der Waals surface area contributed by atoms with Gasteiger partial charge in [0.2, 0.25) is 5.43 Å². The highest BCUT2D eigenvalue weighted by Gasteiger charge is 2.31. The zero-order valence-electron chi connectivity index (χ0n) is 34.6. The van der Waals surface area contributed by atoms with Crippen LogP contribution in [0.1, 0.15) is 61.1 Å². The summed E-state index contributed by atoms with van der Waals surface area (Å²) >= 11 is 6.78. The standard InChI is InChI=1S/C48H44ClF2N5O7/c1-48(2,3)63-47(60)56-24-21-33(22-25-56)46(59)61-29-55-27-36(30-14-16-34(50)17-15-30)43(57)37(28-55)45(58)53-35-18-19-39(38(51)26-35)62-40-20-23-52-44(41(40)49)54-42(31-10-6-4-7-11-31)32-12-8-5-9-13-32/h4-20,23,26-28,33,42H,21-22,24-25,29H2,1-3H3,(H,52,54)(H,53,58). The lowest BCUT2D eigenvalue weighted by atomic mass is 9.97. The predicted octanol–water partition coefficient (Wildman–Crippen LogP) is 10.2. The van der Waals surface area contributed by atoms with Crippen LogP contribution in [0.5, 0.6) is 11.5 Å². The third kappa shape index (κ3) is 11.1. The van der Waals surface area contributed by atoms with Gasteiger partial charge in [-0.1, -0.05) is 84.4 Å². The number of pyridine rings is 2. The highest BCUT2D eigenvalue weighted by molar-refractivity contribution is 6.34. The van der Waals surface area contributed by atoms with Crippen molar-refractivity contribution in [2.24, 2.45) is 5.92 Å². The summed E-state index contributed by atoms with van der Waals surface area (Å²) in [5, 5.41) is 6.05. The van der Waals surface area contributed by atoms with Crippen molar-refractivity contribution in [3.8, 4) is 22.6 Å². The van der Waals surface area contributed by atoms with Gasteiger partial charge in [0.25, 0.3) is 5.91 Å². The smallest absolute Gasteiger partial charge is 0.410 e. The predicted molar refractivity (Wildman–Crippen MR) is 235 cm³/mol. The van der Waals surface area contributed by atoms with Crippen LogP contribution < -0.4 is 20.8 Å². The van der Waals surface area contributed by atoms with Gasteiger partial charge < -0.3 is 34.3 Å². The third-order valence-electron chi connectivity index (χ3n) is 10.1. The van der Waals surface area contributed by atoms with Crippen LogP contribution in [-0.4, -0.2) is 51.1 Å². The number of nitrogens with zero attached hydrogens (tertiary/aromatic N) is 3. The van der Waals surface area contributed by atoms with Gasteiger partial charge in [0.1, 0.15) is 27.8 Å². The molecule has 1 saturated heterocycles. The first kappa shape index (κ1) is 44.0. The monoisotopic (exact) mass is 875 g/mol. The highest BCUT2D eigenvalue weighted by atomic mass is 35.5. The summed E-state index contributed by atoms with van der Waals surface area (Å²) in [4.78, 5) is 59.1. The van der Waals surface area contributed by atoms with Crippen LogP contribution in [0.15, 0.2) is 133 Å². The van der Waals surface area contributed by atoms with Gasteiger partial charge in [-0.05, 0) is 74.6 Å². The van der Waals surface area contributed by atoms with Crippen LogP contribution in [0.2, 0.25) is 5.02 Å². The minimum atomic E-state index is -0.883. The molecule has 2 amide bonds. The lowest BCUT2D eigenvalue weighted by Crippen LogP contribution is -2.43. The molecule has 6 aromatic rings. The summed E-state index contributed by atoms with van der Waals surface area (Å²) in [6.07, 6.45) is 4.35. The molecule has 4 aromatic carbocycles. The second-order valence-corrected chi connectivity index (χ2v) is 16.2. The summed E-state index contributed by atoms with van der Waals surface area (Å²) in [6.45, 7) is 5.58. The Hall–Kier alpha value is -7.06. The lowest BCUT2D eigenvalue weighted by Gasteiger charge is -2.32. The summed E-state index contributed by atoms with van der Waals surface area (Å²) in [7, 11) is 0. The molecule has 12 nitrogen and oxygen atoms in total. The first-order valence-corrected chi connectivity index (χ1v) is 20.5. The average molecular weight is 876 g/mol. The number of hydrogen-bond acceptors (Lipinski definition) is 9. The van der Waals surface area contributed by atoms with Crippen molar-refractivity contribution in [1.82, 2.24) is 14.5 Å². The van der Waals surface area contributed by atoms with Crippen molar-refractivity contribution < 1.29 is 37.4 Å². The van der Waals surface area contributed by atoms with E-state index in [0.29, 0.717) is 37.3 Å². The van der Waals surface area contributed by atoms with Crippen LogP contribution in [0, 0.1) is 17.6 Å². The fraction of sp³-hybridized carbons (Fsp3) is 0.229. The van der Waals surface area contributed by atoms with Crippen molar-refractivity contribution in [2.75, 3.05) is 23.7 Å². The number of ether oxygens (including phenoxy) is 3. The van der Waals surface area contributed by atoms with Crippen LogP contribution >= 0.6 is 11.6 Å². The number of rotatable bonds is 12. The van der Waals surface area contributed by atoms with E-state index in [1.165, 1.54) is 65.6 Å². The summed E-state index contributed by atoms with van der Waals surface area (Å²) in [5.41, 5.74) is 0.562. The minimum Gasteiger partial charge on any atom is -0.453 e. The Morgan fingerprint density at radius 1 is 0.857 bits per heavy atom. The number of carbonyl (C=O) groups is 3. The van der Waals surface area contributed by atoms with Gasteiger partial charge in [-0.25, -0.2) is 18.6 Å². The van der Waals surface area contributed by atoms with Gasteiger partial charge >= 0.3 is 12.1 Å². The number of aromatic nitrogens is 2. The van der Waals surface area contributed by atoms with Crippen molar-refractivity contribution in [3.63, 3.8) is 0 Å². The molecule has 0 unspecified atom stereocenters. The first-order chi connectivity index (χ1) is 30.2. The zero-order valence-corrected chi connectivity index (χ0v) is 35.4. The van der Waals surface area contributed by atoms with Gasteiger partial charge in [-0.15, -0.1) is 0 Å². The van der Waals surface area contributed by atoms with Crippen LogP contribution in [-0.2, 0) is 21.0 Å². The van der Waals surface area contributed by atoms with Crippen molar-refractivity contribution in [3.05, 3.63) is 171 Å². The summed E-state index contributed by atoms with van der Waals surface area (Å²) in [5.74, 6) is -3.05. The molecule has 0 saturated carbocycles. The lowest BCUT2D eigenvalue weighted by molar-refractivity contribution is -0.154. The Morgan fingerprint density at radius 2 is 1.51 bits per heavy atom. The van der Waals surface area contributed by atoms with E-state index >= 15 is 4.39 Å². The Labute approximate surface area is 367 Å². The third-order valence-corrected chi connectivity index (χ3v) is 10.5. The molecule has 2 N–H and O–H groups in total. The largest absolute Gasteiger partial charge is 0.453 e. The molecular weight excluding hydrogens is 832 g/mol. The van der Waals surface area contributed by atoms with Crippen molar-refractivity contribution >= 4 is 41.1 Å². The maximum atomic E-state index is 15.7. The van der Waals surface area contributed by atoms with Gasteiger partial charge in [0.05, 0.1) is 12.0 Å². The van der Waals surface area contributed by atoms with Gasteiger partial charge in [0, 0.05) is 55.1 Å². The normalized spacial score (nSPS) is 13.0. The number of hydrogen-bond donors (Lipinski definition) is 2. The van der Waals surface area contributed by atoms with Crippen LogP contribution in [0.4, 0.5) is 25.1 Å². The molecule has 0 radical (unpaired) electrons. The number of esters is 1. The molecule has 0 spiro atoms. The summed E-state index contributed by atoms with van der Waals surface area (Å²) in [6, 6.07) is 29.5. The number of carbonyl (C=O) groups excluding carboxylic acids is 3. The zero-order chi connectivity index (χ0) is 44.7. The molecule has 0 atom stereocenters. The Bertz CT molecular complexity index is 2610. The number of benzene rings is 4. The number of amides is 2. The van der Waals surface area contributed by atoms with Gasteiger partial charge in [-0.3, -0.25) is 14.4 Å². The molecule has 324 valence electrons. The fourth-order valence-corrected chi connectivity index (χ4v) is 7.16. The molecule has 1 aliphatic rings. The Kier molecular flexibility index (Phi) is 13.5. The van der Waals surface area contributed by atoms with Crippen molar-refractivity contribution in [1.29, 1.82) is 0 Å². The fourth-order valence-electron chi connectivity index (χ4n) is 6.95. The molecule has 2 aromatic heterocycles. The maximum Gasteiger partial charge on any atom is 0.410 e. The maximum absolute atomic E-state index is 15.7. The Balaban J connectivity index is 1.05. The molecule has 3 heterocycles. The first-order valence-electron chi connectivity index (χ1n) is 20.2. The molecule has 1 aliphatic heterocycles. The van der Waals surface area contributed by atoms with E-state index < -0.39 is 46.6 Å². The molecule has 1 fully saturated rings. The SMILES string of the molecule is CC(C)(C)OC(=O)N1CCC(C(=O)OCn2cc(C(=O)Nc3ccc(Oc4ccnc(NC(c5ccccc5)c5ccccc5)c4Cl)c(F)c3)c(=O)c(-c3ccc(F)cc3)c2)CC1. The van der Waals surface area contributed by atoms with E-state index in [2.05, 4.69) is 15.6 Å². The minimum absolute atomic E-state index is 0.00359. The molecule has 7 rings (SSSR count). The number of piperidine rings is 1. The number of halogens is 3. The quantitative estimate of drug-likeness (QED) is 0.115. The number of likely N-dealkylation sites (tertiary alicyclic amines) is 1. The highest BCUT2D eigenvalue weighted by Crippen LogP contribution is 2.37. The molecule has 0 aliphatic carbocycles. The van der Waals surface area contributed by atoms with E-state index in [-0.39, 0.29) is 46.1 Å². The second-order valence-electron chi connectivity index (χ2n) is 15.8. The molecule has 63 heavy (non-hydrogen) atoms. The number of anilines is 2. The van der Waals surface area contributed by atoms with Crippen LogP contribution in [0.3, 0.4) is 0 Å². The van der Waals surface area contributed by atoms with E-state index in [0.717, 1.165) is 17.2 Å². The number of nitrogens with one attached hydrogen (secondary N) is 2. The molecule has 0 bridgehead atoms. The second kappa shape index (κ2) is 19.3. The van der Waals surface area contributed by atoms with E-state index in [1.54, 1.807) is 25.7 Å². The van der Waals surface area contributed by atoms with Crippen LogP contribution in [0.25, 0.3) is 11.1 Å². The van der Waals surface area contributed by atoms with Gasteiger partial charge in [0.15, 0.2) is 24.0 Å². The Morgan fingerprint density at radius 3 is 2.13 bits per heavy atom. The van der Waals surface area contributed by atoms with E-state index in [4.69, 9.17) is 25.8 Å². The summed E-state index contributed by atoms with van der Waals surface area (Å²) < 4.78 is 47.8. The average Bonchev–Trinajstić information content (AvgIpc) is 3.27. The van der Waals surface area contributed by atoms with Crippen molar-refractivity contribution in [2.45, 2.75) is 52.0 Å².